The van der Waals surface area contributed by atoms with Gasteiger partial charge in [0.05, 0.1) is 0 Å². The van der Waals surface area contributed by atoms with E-state index < -0.39 is 29.8 Å². The van der Waals surface area contributed by atoms with Crippen LogP contribution < -0.4 is 16.4 Å². The molecule has 0 aliphatic carbocycles. The minimum atomic E-state index is -1.40. The number of nitrogens with one attached hydrogen (secondary N) is 2. The number of carboxylic acid groups (broad SMARTS) is 2. The van der Waals surface area contributed by atoms with Crippen LogP contribution in [0.3, 0.4) is 0 Å². The molecule has 0 aliphatic rings. The van der Waals surface area contributed by atoms with E-state index in [2.05, 4.69) is 10.6 Å². The van der Waals surface area contributed by atoms with Crippen LogP contribution in [0.1, 0.15) is 25.7 Å². The molecule has 0 aromatic carbocycles. The molecule has 0 aliphatic heterocycles. The molecule has 0 bridgehead atoms. The van der Waals surface area contributed by atoms with Gasteiger partial charge >= 0.3 is 11.9 Å². The number of amides is 2. The van der Waals surface area contributed by atoms with E-state index in [-0.39, 0.29) is 38.8 Å². The summed E-state index contributed by atoms with van der Waals surface area (Å²) in [6.07, 6.45) is 0.315. The van der Waals surface area contributed by atoms with Crippen molar-refractivity contribution < 1.29 is 29.4 Å². The highest BCUT2D eigenvalue weighted by atomic mass is 16.4. The molecule has 0 spiro atoms. The summed E-state index contributed by atoms with van der Waals surface area (Å²) in [6.45, 7) is 0.232. The van der Waals surface area contributed by atoms with E-state index in [0.717, 1.165) is 0 Å². The van der Waals surface area contributed by atoms with Gasteiger partial charge in [-0.15, -0.1) is 0 Å². The van der Waals surface area contributed by atoms with Crippen LogP contribution in [-0.4, -0.2) is 53.1 Å². The van der Waals surface area contributed by atoms with Crippen LogP contribution in [0.25, 0.3) is 0 Å². The molecular weight excluding hydrogens is 270 g/mol. The van der Waals surface area contributed by atoms with Crippen molar-refractivity contribution in [3.05, 3.63) is 0 Å². The molecule has 0 aromatic heterocycles. The molecule has 0 heterocycles. The molecular formula is C11H19N3O6. The van der Waals surface area contributed by atoms with Crippen LogP contribution in [0.4, 0.5) is 0 Å². The summed E-state index contributed by atoms with van der Waals surface area (Å²) in [6, 6.07) is -1.40. The highest BCUT2D eigenvalue weighted by Crippen LogP contribution is 1.89. The fraction of sp³-hybridized carbons (Fsp3) is 0.636. The summed E-state index contributed by atoms with van der Waals surface area (Å²) in [5.74, 6) is -3.35. The predicted octanol–water partition coefficient (Wildman–Crippen LogP) is -1.72. The van der Waals surface area contributed by atoms with Gasteiger partial charge in [0.15, 0.2) is 6.04 Å². The number of hydrogen-bond acceptors (Lipinski definition) is 5. The highest BCUT2D eigenvalue weighted by Gasteiger charge is 2.21. The molecule has 0 radical (unpaired) electrons. The monoisotopic (exact) mass is 289 g/mol. The summed E-state index contributed by atoms with van der Waals surface area (Å²) in [5.41, 5.74) is 5.39. The van der Waals surface area contributed by atoms with E-state index in [4.69, 9.17) is 15.9 Å². The number of carbonyl (C=O) groups is 4. The van der Waals surface area contributed by atoms with Crippen LogP contribution in [0.2, 0.25) is 0 Å². The Morgan fingerprint density at radius 3 is 1.50 bits per heavy atom. The van der Waals surface area contributed by atoms with Crippen molar-refractivity contribution in [2.75, 3.05) is 13.1 Å². The van der Waals surface area contributed by atoms with E-state index in [1.807, 2.05) is 0 Å². The van der Waals surface area contributed by atoms with Crippen LogP contribution in [0, 0.1) is 0 Å². The maximum Gasteiger partial charge on any atom is 0.303 e. The van der Waals surface area contributed by atoms with Crippen molar-refractivity contribution in [3.8, 4) is 0 Å². The maximum absolute atomic E-state index is 11.4. The Bertz CT molecular complexity index is 337. The van der Waals surface area contributed by atoms with Crippen molar-refractivity contribution in [3.63, 3.8) is 0 Å². The number of nitrogens with two attached hydrogens (primary N) is 1. The van der Waals surface area contributed by atoms with Crippen molar-refractivity contribution in [2.45, 2.75) is 31.7 Å². The second-order valence-corrected chi connectivity index (χ2v) is 4.05. The summed E-state index contributed by atoms with van der Waals surface area (Å²) < 4.78 is 0. The average Bonchev–Trinajstić information content (AvgIpc) is 2.37. The van der Waals surface area contributed by atoms with Gasteiger partial charge in [-0.1, -0.05) is 0 Å². The van der Waals surface area contributed by atoms with Gasteiger partial charge in [-0.3, -0.25) is 19.2 Å². The summed E-state index contributed by atoms with van der Waals surface area (Å²) in [5, 5.41) is 21.5. The summed E-state index contributed by atoms with van der Waals surface area (Å²) in [7, 11) is 0. The number of aliphatic carboxylic acids is 2. The summed E-state index contributed by atoms with van der Waals surface area (Å²) in [4.78, 5) is 43.3. The van der Waals surface area contributed by atoms with Crippen molar-refractivity contribution in [1.29, 1.82) is 0 Å². The second kappa shape index (κ2) is 9.73. The predicted molar refractivity (Wildman–Crippen MR) is 67.7 cm³/mol. The number of carboxylic acids is 2. The Hall–Kier alpha value is -2.16. The van der Waals surface area contributed by atoms with Gasteiger partial charge in [0, 0.05) is 25.9 Å². The lowest BCUT2D eigenvalue weighted by atomic mass is 10.2. The quantitative estimate of drug-likeness (QED) is 0.236. The van der Waals surface area contributed by atoms with E-state index in [9.17, 15) is 19.2 Å². The smallest absolute Gasteiger partial charge is 0.303 e. The lowest BCUT2D eigenvalue weighted by Crippen LogP contribution is -2.51. The van der Waals surface area contributed by atoms with Crippen LogP contribution in [0.15, 0.2) is 0 Å². The lowest BCUT2D eigenvalue weighted by molar-refractivity contribution is -0.138. The minimum Gasteiger partial charge on any atom is -0.481 e. The Balaban J connectivity index is 3.83. The van der Waals surface area contributed by atoms with E-state index in [1.165, 1.54) is 0 Å². The van der Waals surface area contributed by atoms with Gasteiger partial charge in [-0.2, -0.15) is 0 Å². The van der Waals surface area contributed by atoms with Crippen molar-refractivity contribution in [1.82, 2.24) is 10.6 Å². The molecule has 6 N–H and O–H groups in total. The van der Waals surface area contributed by atoms with Gasteiger partial charge in [0.2, 0.25) is 11.8 Å². The fourth-order valence-electron chi connectivity index (χ4n) is 1.24. The summed E-state index contributed by atoms with van der Waals surface area (Å²) >= 11 is 0. The van der Waals surface area contributed by atoms with Crippen molar-refractivity contribution >= 4 is 23.8 Å². The van der Waals surface area contributed by atoms with Gasteiger partial charge in [-0.25, -0.2) is 0 Å². The molecule has 114 valence electrons. The van der Waals surface area contributed by atoms with Gasteiger partial charge in [0.1, 0.15) is 0 Å². The largest absolute Gasteiger partial charge is 0.481 e. The Kier molecular flexibility index (Phi) is 8.68. The third-order valence-corrected chi connectivity index (χ3v) is 2.30. The van der Waals surface area contributed by atoms with Crippen LogP contribution in [0.5, 0.6) is 0 Å². The fourth-order valence-corrected chi connectivity index (χ4v) is 1.24. The Morgan fingerprint density at radius 1 is 0.850 bits per heavy atom. The third kappa shape index (κ3) is 8.86. The molecule has 0 saturated heterocycles. The van der Waals surface area contributed by atoms with Gasteiger partial charge in [-0.05, 0) is 12.8 Å². The topological polar surface area (TPSA) is 159 Å². The molecule has 2 amide bonds. The van der Waals surface area contributed by atoms with Crippen LogP contribution >= 0.6 is 0 Å². The maximum atomic E-state index is 11.4. The molecule has 9 nitrogen and oxygen atoms in total. The minimum absolute atomic E-state index is 0.0864. The zero-order valence-corrected chi connectivity index (χ0v) is 10.9. The molecule has 0 atom stereocenters. The number of hydrogen-bond donors (Lipinski definition) is 5. The molecule has 9 heteroatoms. The van der Waals surface area contributed by atoms with E-state index >= 15 is 0 Å². The zero-order chi connectivity index (χ0) is 15.5. The molecule has 0 aromatic rings. The second-order valence-electron chi connectivity index (χ2n) is 4.05. The molecule has 0 unspecified atom stereocenters. The van der Waals surface area contributed by atoms with E-state index in [0.29, 0.717) is 0 Å². The zero-order valence-electron chi connectivity index (χ0n) is 10.9. The van der Waals surface area contributed by atoms with Crippen molar-refractivity contribution in [2.24, 2.45) is 5.73 Å². The van der Waals surface area contributed by atoms with E-state index in [1.54, 1.807) is 0 Å². The molecule has 0 rings (SSSR count). The van der Waals surface area contributed by atoms with Gasteiger partial charge in [0.25, 0.3) is 0 Å². The first kappa shape index (κ1) is 17.8. The Morgan fingerprint density at radius 2 is 1.20 bits per heavy atom. The first-order valence-electron chi connectivity index (χ1n) is 6.09. The number of carbonyl (C=O) groups excluding carboxylic acids is 2. The Labute approximate surface area is 115 Å². The molecule has 20 heavy (non-hydrogen) atoms. The first-order chi connectivity index (χ1) is 9.34. The lowest BCUT2D eigenvalue weighted by Gasteiger charge is -2.12. The van der Waals surface area contributed by atoms with Gasteiger partial charge < -0.3 is 26.6 Å². The molecule has 0 saturated carbocycles. The first-order valence-corrected chi connectivity index (χ1v) is 6.09. The standard InChI is InChI=1S/C11H19N3O6/c12-9(10(19)13-5-1-3-7(15)16)11(20)14-6-2-4-8(17)18/h9H,1-6,12H2,(H,13,19)(H,14,20)(H,15,16)(H,17,18). The van der Waals surface area contributed by atoms with Crippen LogP contribution in [-0.2, 0) is 19.2 Å². The average molecular weight is 289 g/mol. The highest BCUT2D eigenvalue weighted by molar-refractivity contribution is 6.04. The SMILES string of the molecule is NC(C(=O)NCCCC(=O)O)C(=O)NCCCC(=O)O. The number of rotatable bonds is 10. The normalized spacial score (nSPS) is 10.1. The third-order valence-electron chi connectivity index (χ3n) is 2.30. The molecule has 0 fully saturated rings.